The Morgan fingerprint density at radius 3 is 2.67 bits per heavy atom. The summed E-state index contributed by atoms with van der Waals surface area (Å²) in [4.78, 5) is 16.4. The molecule has 0 spiro atoms. The number of nitrogens with zero attached hydrogens (tertiary/aromatic N) is 5. The van der Waals surface area contributed by atoms with Crippen molar-refractivity contribution in [1.82, 2.24) is 30.0 Å². The van der Waals surface area contributed by atoms with E-state index >= 15 is 0 Å². The SMILES string of the molecule is Cc1ccc(-c2cc(C3CCN(Cc4nc(C)c5ccccc5n4)CC3)[nH]n2)cn1. The molecule has 0 saturated carbocycles. The molecule has 0 atom stereocenters. The van der Waals surface area contributed by atoms with Gasteiger partial charge in [0.15, 0.2) is 0 Å². The molecule has 1 aliphatic rings. The van der Waals surface area contributed by atoms with Crippen molar-refractivity contribution >= 4 is 10.9 Å². The second-order valence-electron chi connectivity index (χ2n) is 8.19. The summed E-state index contributed by atoms with van der Waals surface area (Å²) < 4.78 is 0. The summed E-state index contributed by atoms with van der Waals surface area (Å²) in [5.74, 6) is 1.43. The smallest absolute Gasteiger partial charge is 0.143 e. The van der Waals surface area contributed by atoms with Crippen molar-refractivity contribution in [3.05, 3.63) is 71.6 Å². The maximum atomic E-state index is 4.78. The summed E-state index contributed by atoms with van der Waals surface area (Å²) in [6.07, 6.45) is 4.12. The zero-order chi connectivity index (χ0) is 20.5. The lowest BCUT2D eigenvalue weighted by Gasteiger charge is -2.30. The van der Waals surface area contributed by atoms with Gasteiger partial charge in [0.05, 0.1) is 17.8 Å². The summed E-state index contributed by atoms with van der Waals surface area (Å²) in [5.41, 5.74) is 6.37. The van der Waals surface area contributed by atoms with E-state index in [4.69, 9.17) is 9.97 Å². The maximum Gasteiger partial charge on any atom is 0.143 e. The number of para-hydroxylation sites is 1. The molecule has 1 fully saturated rings. The molecule has 152 valence electrons. The van der Waals surface area contributed by atoms with E-state index in [9.17, 15) is 0 Å². The number of likely N-dealkylation sites (tertiary alicyclic amines) is 1. The van der Waals surface area contributed by atoms with Crippen molar-refractivity contribution in [2.75, 3.05) is 13.1 Å². The molecule has 6 nitrogen and oxygen atoms in total. The van der Waals surface area contributed by atoms with Crippen LogP contribution in [0.3, 0.4) is 0 Å². The van der Waals surface area contributed by atoms with Crippen molar-refractivity contribution in [3.8, 4) is 11.3 Å². The highest BCUT2D eigenvalue weighted by molar-refractivity contribution is 5.80. The molecule has 4 heterocycles. The zero-order valence-electron chi connectivity index (χ0n) is 17.5. The second kappa shape index (κ2) is 7.95. The van der Waals surface area contributed by atoms with E-state index in [1.807, 2.05) is 31.3 Å². The Morgan fingerprint density at radius 2 is 1.87 bits per heavy atom. The molecule has 1 aromatic carbocycles. The molecule has 30 heavy (non-hydrogen) atoms. The summed E-state index contributed by atoms with van der Waals surface area (Å²) in [5, 5.41) is 8.92. The molecule has 5 rings (SSSR count). The molecule has 3 aromatic heterocycles. The quantitative estimate of drug-likeness (QED) is 0.551. The minimum Gasteiger partial charge on any atom is -0.296 e. The van der Waals surface area contributed by atoms with Crippen molar-refractivity contribution in [2.24, 2.45) is 0 Å². The number of H-pyrrole nitrogens is 1. The topological polar surface area (TPSA) is 70.6 Å². The third kappa shape index (κ3) is 3.83. The first kappa shape index (κ1) is 18.9. The summed E-state index contributed by atoms with van der Waals surface area (Å²) in [6.45, 7) is 6.96. The number of aryl methyl sites for hydroxylation is 2. The Kier molecular flexibility index (Phi) is 5.01. The average molecular weight is 399 g/mol. The van der Waals surface area contributed by atoms with Gasteiger partial charge >= 0.3 is 0 Å². The Hall–Kier alpha value is -3.12. The van der Waals surface area contributed by atoms with Crippen LogP contribution in [0, 0.1) is 13.8 Å². The van der Waals surface area contributed by atoms with Crippen LogP contribution in [0.25, 0.3) is 22.2 Å². The van der Waals surface area contributed by atoms with Crippen LogP contribution >= 0.6 is 0 Å². The molecule has 6 heteroatoms. The van der Waals surface area contributed by atoms with E-state index in [0.717, 1.165) is 71.8 Å². The van der Waals surface area contributed by atoms with Crippen LogP contribution in [0.2, 0.25) is 0 Å². The van der Waals surface area contributed by atoms with Crippen molar-refractivity contribution < 1.29 is 0 Å². The summed E-state index contributed by atoms with van der Waals surface area (Å²) in [6, 6.07) is 14.5. The average Bonchev–Trinajstić information content (AvgIpc) is 3.25. The predicted octanol–water partition coefficient (Wildman–Crippen LogP) is 4.41. The highest BCUT2D eigenvalue weighted by atomic mass is 15.2. The molecule has 0 radical (unpaired) electrons. The van der Waals surface area contributed by atoms with E-state index in [2.05, 4.69) is 51.3 Å². The van der Waals surface area contributed by atoms with Crippen molar-refractivity contribution in [2.45, 2.75) is 39.2 Å². The van der Waals surface area contributed by atoms with Crippen molar-refractivity contribution in [1.29, 1.82) is 0 Å². The molecule has 0 bridgehead atoms. The zero-order valence-corrected chi connectivity index (χ0v) is 17.5. The highest BCUT2D eigenvalue weighted by Crippen LogP contribution is 2.29. The van der Waals surface area contributed by atoms with Crippen LogP contribution in [-0.4, -0.2) is 43.1 Å². The Balaban J connectivity index is 1.23. The fourth-order valence-electron chi connectivity index (χ4n) is 4.28. The fraction of sp³-hybridized carbons (Fsp3) is 0.333. The van der Waals surface area contributed by atoms with E-state index in [1.165, 1.54) is 5.69 Å². The van der Waals surface area contributed by atoms with Crippen LogP contribution in [0.5, 0.6) is 0 Å². The third-order valence-corrected chi connectivity index (χ3v) is 6.04. The summed E-state index contributed by atoms with van der Waals surface area (Å²) >= 11 is 0. The van der Waals surface area contributed by atoms with Gasteiger partial charge in [0.2, 0.25) is 0 Å². The molecular weight excluding hydrogens is 372 g/mol. The number of piperidine rings is 1. The number of aromatic nitrogens is 5. The minimum atomic E-state index is 0.514. The molecule has 0 aliphatic carbocycles. The lowest BCUT2D eigenvalue weighted by atomic mass is 9.93. The first-order valence-corrected chi connectivity index (χ1v) is 10.6. The molecule has 1 N–H and O–H groups in total. The van der Waals surface area contributed by atoms with E-state index in [-0.39, 0.29) is 0 Å². The largest absolute Gasteiger partial charge is 0.296 e. The number of fused-ring (bicyclic) bond motifs is 1. The van der Waals surface area contributed by atoms with Gasteiger partial charge in [-0.2, -0.15) is 5.10 Å². The third-order valence-electron chi connectivity index (χ3n) is 6.04. The summed E-state index contributed by atoms with van der Waals surface area (Å²) in [7, 11) is 0. The van der Waals surface area contributed by atoms with Gasteiger partial charge in [-0.1, -0.05) is 18.2 Å². The first-order chi connectivity index (χ1) is 14.7. The van der Waals surface area contributed by atoms with Gasteiger partial charge in [0, 0.05) is 40.1 Å². The second-order valence-corrected chi connectivity index (χ2v) is 8.19. The number of pyridine rings is 1. The highest BCUT2D eigenvalue weighted by Gasteiger charge is 2.23. The lowest BCUT2D eigenvalue weighted by Crippen LogP contribution is -2.33. The van der Waals surface area contributed by atoms with E-state index in [0.29, 0.717) is 5.92 Å². The normalized spacial score (nSPS) is 15.7. The number of benzene rings is 1. The first-order valence-electron chi connectivity index (χ1n) is 10.6. The van der Waals surface area contributed by atoms with Crippen LogP contribution < -0.4 is 0 Å². The number of hydrogen-bond acceptors (Lipinski definition) is 5. The van der Waals surface area contributed by atoms with Gasteiger partial charge in [-0.3, -0.25) is 15.0 Å². The number of nitrogens with one attached hydrogen (secondary N) is 1. The van der Waals surface area contributed by atoms with Gasteiger partial charge < -0.3 is 0 Å². The molecule has 0 unspecified atom stereocenters. The van der Waals surface area contributed by atoms with Crippen molar-refractivity contribution in [3.63, 3.8) is 0 Å². The van der Waals surface area contributed by atoms with Gasteiger partial charge in [0.25, 0.3) is 0 Å². The molecule has 4 aromatic rings. The molecule has 1 aliphatic heterocycles. The number of hydrogen-bond donors (Lipinski definition) is 1. The van der Waals surface area contributed by atoms with Crippen LogP contribution in [-0.2, 0) is 6.54 Å². The Bertz CT molecular complexity index is 1160. The predicted molar refractivity (Wildman–Crippen MR) is 118 cm³/mol. The number of aromatic amines is 1. The Labute approximate surface area is 176 Å². The van der Waals surface area contributed by atoms with Crippen LogP contribution in [0.4, 0.5) is 0 Å². The molecular formula is C24H26N6. The monoisotopic (exact) mass is 398 g/mol. The molecule has 0 amide bonds. The molecule has 1 saturated heterocycles. The maximum absolute atomic E-state index is 4.78. The van der Waals surface area contributed by atoms with Crippen LogP contribution in [0.1, 0.15) is 41.7 Å². The van der Waals surface area contributed by atoms with Gasteiger partial charge in [0.1, 0.15) is 5.82 Å². The van der Waals surface area contributed by atoms with Gasteiger partial charge in [-0.15, -0.1) is 0 Å². The fourth-order valence-corrected chi connectivity index (χ4v) is 4.28. The van der Waals surface area contributed by atoms with E-state index in [1.54, 1.807) is 0 Å². The Morgan fingerprint density at radius 1 is 1.03 bits per heavy atom. The number of rotatable bonds is 4. The van der Waals surface area contributed by atoms with Gasteiger partial charge in [-0.25, -0.2) is 9.97 Å². The standard InChI is InChI=1S/C24H26N6/c1-16-7-8-19(14-25-16)23-13-22(28-29-23)18-9-11-30(12-10-18)15-24-26-17(2)20-5-3-4-6-21(20)27-24/h3-8,13-14,18H,9-12,15H2,1-2H3,(H,28,29). The van der Waals surface area contributed by atoms with Crippen LogP contribution in [0.15, 0.2) is 48.7 Å². The van der Waals surface area contributed by atoms with Gasteiger partial charge in [-0.05, 0) is 64.0 Å². The lowest BCUT2D eigenvalue weighted by molar-refractivity contribution is 0.199. The minimum absolute atomic E-state index is 0.514. The van der Waals surface area contributed by atoms with E-state index < -0.39 is 0 Å².